The van der Waals surface area contributed by atoms with Crippen molar-refractivity contribution >= 4 is 0 Å². The molecule has 0 bridgehead atoms. The quantitative estimate of drug-likeness (QED) is 0.640. The van der Waals surface area contributed by atoms with E-state index in [1.165, 1.54) is 49.7 Å². The molecule has 0 aliphatic heterocycles. The Morgan fingerprint density at radius 3 is 2.44 bits per heavy atom. The average molecular weight is 247 g/mol. The molecular formula is C17H29N. The van der Waals surface area contributed by atoms with Crippen LogP contribution in [0.15, 0.2) is 24.3 Å². The van der Waals surface area contributed by atoms with Crippen LogP contribution in [0.2, 0.25) is 0 Å². The summed E-state index contributed by atoms with van der Waals surface area (Å²) >= 11 is 0. The largest absolute Gasteiger partial charge is 0.330 e. The Hall–Kier alpha value is -0.820. The minimum absolute atomic E-state index is 0.660. The Labute approximate surface area is 113 Å². The summed E-state index contributed by atoms with van der Waals surface area (Å²) in [5.41, 5.74) is 8.79. The first-order chi connectivity index (χ1) is 8.77. The minimum atomic E-state index is 0.660. The third kappa shape index (κ3) is 5.68. The van der Waals surface area contributed by atoms with Crippen LogP contribution in [0.1, 0.15) is 56.6 Å². The zero-order chi connectivity index (χ0) is 13.2. The first-order valence-corrected chi connectivity index (χ1v) is 7.52. The highest BCUT2D eigenvalue weighted by Crippen LogP contribution is 2.18. The van der Waals surface area contributed by atoms with Crippen molar-refractivity contribution in [2.24, 2.45) is 11.7 Å². The second-order valence-electron chi connectivity index (χ2n) is 5.44. The van der Waals surface area contributed by atoms with Crippen molar-refractivity contribution in [1.82, 2.24) is 0 Å². The highest BCUT2D eigenvalue weighted by Gasteiger charge is 2.08. The minimum Gasteiger partial charge on any atom is -0.330 e. The van der Waals surface area contributed by atoms with Gasteiger partial charge in [0.2, 0.25) is 0 Å². The van der Waals surface area contributed by atoms with Gasteiger partial charge in [0.25, 0.3) is 0 Å². The van der Waals surface area contributed by atoms with Crippen molar-refractivity contribution in [3.63, 3.8) is 0 Å². The smallest absolute Gasteiger partial charge is 0.00457 e. The molecule has 1 rings (SSSR count). The normalized spacial score (nSPS) is 12.6. The topological polar surface area (TPSA) is 26.0 Å². The highest BCUT2D eigenvalue weighted by atomic mass is 14.5. The zero-order valence-electron chi connectivity index (χ0n) is 12.1. The van der Waals surface area contributed by atoms with E-state index in [2.05, 4.69) is 38.1 Å². The Kier molecular flexibility index (Phi) is 7.75. The molecule has 1 unspecified atom stereocenters. The molecule has 0 fully saturated rings. The summed E-state index contributed by atoms with van der Waals surface area (Å²) < 4.78 is 0. The van der Waals surface area contributed by atoms with Crippen LogP contribution in [0.25, 0.3) is 0 Å². The summed E-state index contributed by atoms with van der Waals surface area (Å²) in [7, 11) is 0. The summed E-state index contributed by atoms with van der Waals surface area (Å²) in [6, 6.07) is 8.69. The van der Waals surface area contributed by atoms with Gasteiger partial charge in [-0.05, 0) is 43.4 Å². The molecule has 102 valence electrons. The molecule has 1 heteroatoms. The molecule has 0 aliphatic rings. The van der Waals surface area contributed by atoms with Crippen molar-refractivity contribution in [3.05, 3.63) is 35.4 Å². The van der Waals surface area contributed by atoms with Crippen LogP contribution < -0.4 is 5.73 Å². The number of benzene rings is 1. The van der Waals surface area contributed by atoms with E-state index in [1.807, 2.05) is 0 Å². The molecular weight excluding hydrogens is 218 g/mol. The van der Waals surface area contributed by atoms with Crippen LogP contribution in [-0.4, -0.2) is 6.54 Å². The molecule has 0 saturated carbocycles. The number of unbranched alkanes of at least 4 members (excludes halogenated alkanes) is 4. The number of aryl methyl sites for hydroxylation is 1. The molecule has 0 aliphatic carbocycles. The lowest BCUT2D eigenvalue weighted by Gasteiger charge is -2.16. The van der Waals surface area contributed by atoms with Gasteiger partial charge >= 0.3 is 0 Å². The van der Waals surface area contributed by atoms with E-state index in [0.29, 0.717) is 5.92 Å². The molecule has 18 heavy (non-hydrogen) atoms. The summed E-state index contributed by atoms with van der Waals surface area (Å²) in [5, 5.41) is 0. The summed E-state index contributed by atoms with van der Waals surface area (Å²) in [6.45, 7) is 5.28. The van der Waals surface area contributed by atoms with Crippen LogP contribution in [0.4, 0.5) is 0 Å². The molecule has 1 aromatic rings. The van der Waals surface area contributed by atoms with E-state index in [1.54, 1.807) is 0 Å². The first kappa shape index (κ1) is 15.2. The predicted octanol–water partition coefficient (Wildman–Crippen LogP) is 4.47. The second kappa shape index (κ2) is 9.16. The summed E-state index contributed by atoms with van der Waals surface area (Å²) in [5.74, 6) is 0.660. The lowest BCUT2D eigenvalue weighted by Crippen LogP contribution is -2.17. The highest BCUT2D eigenvalue weighted by molar-refractivity contribution is 5.25. The van der Waals surface area contributed by atoms with Crippen molar-refractivity contribution in [2.45, 2.75) is 58.8 Å². The number of rotatable bonds is 9. The molecule has 1 aromatic carbocycles. The fourth-order valence-electron chi connectivity index (χ4n) is 2.49. The van der Waals surface area contributed by atoms with Gasteiger partial charge in [-0.25, -0.2) is 0 Å². The van der Waals surface area contributed by atoms with Gasteiger partial charge in [-0.15, -0.1) is 0 Å². The maximum Gasteiger partial charge on any atom is -0.00457 e. The van der Waals surface area contributed by atoms with Gasteiger partial charge in [0, 0.05) is 0 Å². The van der Waals surface area contributed by atoms with Crippen molar-refractivity contribution < 1.29 is 0 Å². The number of hydrogen-bond donors (Lipinski definition) is 1. The maximum atomic E-state index is 5.91. The van der Waals surface area contributed by atoms with E-state index in [4.69, 9.17) is 5.73 Å². The van der Waals surface area contributed by atoms with Gasteiger partial charge in [0.15, 0.2) is 0 Å². The standard InChI is InChI=1S/C17H29N/c1-3-4-5-6-7-11-16(14-18)13-17-12-9-8-10-15(17)2/h8-10,12,16H,3-7,11,13-14,18H2,1-2H3. The molecule has 2 N–H and O–H groups in total. The zero-order valence-corrected chi connectivity index (χ0v) is 12.1. The van der Waals surface area contributed by atoms with E-state index in [0.717, 1.165) is 13.0 Å². The molecule has 0 heterocycles. The number of hydrogen-bond acceptors (Lipinski definition) is 1. The van der Waals surface area contributed by atoms with E-state index >= 15 is 0 Å². The van der Waals surface area contributed by atoms with Crippen LogP contribution in [-0.2, 0) is 6.42 Å². The Morgan fingerprint density at radius 1 is 1.06 bits per heavy atom. The molecule has 1 nitrogen and oxygen atoms in total. The number of nitrogens with two attached hydrogens (primary N) is 1. The van der Waals surface area contributed by atoms with Crippen molar-refractivity contribution in [1.29, 1.82) is 0 Å². The Bertz CT molecular complexity index is 319. The lowest BCUT2D eigenvalue weighted by atomic mass is 9.91. The van der Waals surface area contributed by atoms with Gasteiger partial charge in [-0.3, -0.25) is 0 Å². The third-order valence-corrected chi connectivity index (χ3v) is 3.82. The molecule has 0 amide bonds. The Balaban J connectivity index is 2.31. The lowest BCUT2D eigenvalue weighted by molar-refractivity contribution is 0.457. The van der Waals surface area contributed by atoms with Crippen LogP contribution in [0.3, 0.4) is 0 Å². The maximum absolute atomic E-state index is 5.91. The Morgan fingerprint density at radius 2 is 1.78 bits per heavy atom. The SMILES string of the molecule is CCCCCCCC(CN)Cc1ccccc1C. The van der Waals surface area contributed by atoms with Crippen molar-refractivity contribution in [3.8, 4) is 0 Å². The molecule has 0 aromatic heterocycles. The van der Waals surface area contributed by atoms with E-state index in [-0.39, 0.29) is 0 Å². The monoisotopic (exact) mass is 247 g/mol. The fourth-order valence-corrected chi connectivity index (χ4v) is 2.49. The summed E-state index contributed by atoms with van der Waals surface area (Å²) in [6.07, 6.45) is 9.24. The summed E-state index contributed by atoms with van der Waals surface area (Å²) in [4.78, 5) is 0. The fraction of sp³-hybridized carbons (Fsp3) is 0.647. The molecule has 0 spiro atoms. The van der Waals surface area contributed by atoms with E-state index < -0.39 is 0 Å². The van der Waals surface area contributed by atoms with Crippen molar-refractivity contribution in [2.75, 3.05) is 6.54 Å². The van der Waals surface area contributed by atoms with Gasteiger partial charge in [-0.2, -0.15) is 0 Å². The molecule has 0 radical (unpaired) electrons. The molecule has 0 saturated heterocycles. The first-order valence-electron chi connectivity index (χ1n) is 7.52. The van der Waals surface area contributed by atoms with Gasteiger partial charge in [0.05, 0.1) is 0 Å². The predicted molar refractivity (Wildman–Crippen MR) is 80.8 cm³/mol. The van der Waals surface area contributed by atoms with Gasteiger partial charge < -0.3 is 5.73 Å². The molecule has 1 atom stereocenters. The van der Waals surface area contributed by atoms with Gasteiger partial charge in [0.1, 0.15) is 0 Å². The van der Waals surface area contributed by atoms with Crippen LogP contribution in [0, 0.1) is 12.8 Å². The van der Waals surface area contributed by atoms with Gasteiger partial charge in [-0.1, -0.05) is 63.3 Å². The van der Waals surface area contributed by atoms with E-state index in [9.17, 15) is 0 Å². The third-order valence-electron chi connectivity index (χ3n) is 3.82. The second-order valence-corrected chi connectivity index (χ2v) is 5.44. The van der Waals surface area contributed by atoms with Crippen LogP contribution in [0.5, 0.6) is 0 Å². The van der Waals surface area contributed by atoms with Crippen LogP contribution >= 0.6 is 0 Å². The average Bonchev–Trinajstić information content (AvgIpc) is 2.39.